The summed E-state index contributed by atoms with van der Waals surface area (Å²) in [4.78, 5) is 21.9. The van der Waals surface area contributed by atoms with E-state index in [1.54, 1.807) is 0 Å². The maximum atomic E-state index is 13.6. The summed E-state index contributed by atoms with van der Waals surface area (Å²) in [6, 6.07) is 3.31. The van der Waals surface area contributed by atoms with Gasteiger partial charge in [-0.25, -0.2) is 9.18 Å². The van der Waals surface area contributed by atoms with Gasteiger partial charge in [0, 0.05) is 5.56 Å². The maximum absolute atomic E-state index is 13.6. The van der Waals surface area contributed by atoms with E-state index in [9.17, 15) is 24.2 Å². The van der Waals surface area contributed by atoms with Gasteiger partial charge in [0.15, 0.2) is 6.10 Å². The smallest absolute Gasteiger partial charge is 0.338 e. The minimum Gasteiger partial charge on any atom is -0.481 e. The number of carboxylic acids is 1. The van der Waals surface area contributed by atoms with Crippen LogP contribution in [0.25, 0.3) is 0 Å². The van der Waals surface area contributed by atoms with Gasteiger partial charge in [0.25, 0.3) is 0 Å². The molecule has 0 spiro atoms. The van der Waals surface area contributed by atoms with Crippen molar-refractivity contribution in [3.8, 4) is 0 Å². The minimum absolute atomic E-state index is 0.00412. The van der Waals surface area contributed by atoms with Crippen LogP contribution in [0.15, 0.2) is 18.2 Å². The molecule has 3 N–H and O–H groups in total. The molecule has 0 aliphatic carbocycles. The molecule has 0 aliphatic heterocycles. The van der Waals surface area contributed by atoms with Crippen molar-refractivity contribution in [2.75, 3.05) is 6.61 Å². The van der Waals surface area contributed by atoms with E-state index in [4.69, 9.17) is 5.11 Å². The molecular weight excluding hydrogens is 271 g/mol. The lowest BCUT2D eigenvalue weighted by Crippen LogP contribution is -2.30. The van der Waals surface area contributed by atoms with Gasteiger partial charge in [0.1, 0.15) is 11.9 Å². The molecule has 2 atom stereocenters. The summed E-state index contributed by atoms with van der Waals surface area (Å²) < 4.78 is 18.1. The van der Waals surface area contributed by atoms with Crippen LogP contribution >= 0.6 is 0 Å². The van der Waals surface area contributed by atoms with Gasteiger partial charge in [0.2, 0.25) is 0 Å². The average molecular weight is 286 g/mol. The van der Waals surface area contributed by atoms with E-state index >= 15 is 0 Å². The highest BCUT2D eigenvalue weighted by atomic mass is 19.1. The molecule has 2 unspecified atom stereocenters. The number of ether oxygens (including phenoxy) is 1. The Morgan fingerprint density at radius 2 is 2.00 bits per heavy atom. The SMILES string of the molecule is CCOC(=O)C(O)C(O)c1cc(CC(=O)O)ccc1F. The molecule has 0 heterocycles. The summed E-state index contributed by atoms with van der Waals surface area (Å²) in [6.07, 6.45) is -4.14. The van der Waals surface area contributed by atoms with Gasteiger partial charge in [-0.3, -0.25) is 4.79 Å². The van der Waals surface area contributed by atoms with Crippen molar-refractivity contribution in [3.63, 3.8) is 0 Å². The van der Waals surface area contributed by atoms with E-state index < -0.39 is 30.0 Å². The lowest BCUT2D eigenvalue weighted by Gasteiger charge is -2.17. The largest absolute Gasteiger partial charge is 0.481 e. The number of halogens is 1. The highest BCUT2D eigenvalue weighted by Crippen LogP contribution is 2.22. The second-order valence-electron chi connectivity index (χ2n) is 4.07. The molecule has 1 rings (SSSR count). The fourth-order valence-electron chi connectivity index (χ4n) is 1.63. The van der Waals surface area contributed by atoms with Gasteiger partial charge in [-0.1, -0.05) is 6.07 Å². The monoisotopic (exact) mass is 286 g/mol. The summed E-state index contributed by atoms with van der Waals surface area (Å²) in [5.41, 5.74) is -0.117. The van der Waals surface area contributed by atoms with E-state index in [1.165, 1.54) is 13.0 Å². The van der Waals surface area contributed by atoms with Crippen LogP contribution in [0.5, 0.6) is 0 Å². The molecule has 6 nitrogen and oxygen atoms in total. The van der Waals surface area contributed by atoms with Crippen molar-refractivity contribution in [1.29, 1.82) is 0 Å². The van der Waals surface area contributed by atoms with Crippen molar-refractivity contribution in [2.45, 2.75) is 25.6 Å². The molecular formula is C13H15FO6. The van der Waals surface area contributed by atoms with Gasteiger partial charge in [0.05, 0.1) is 13.0 Å². The molecule has 0 bridgehead atoms. The van der Waals surface area contributed by atoms with Gasteiger partial charge >= 0.3 is 11.9 Å². The molecule has 0 radical (unpaired) electrons. The standard InChI is InChI=1S/C13H15FO6/c1-2-20-13(19)12(18)11(17)8-5-7(6-10(15)16)3-4-9(8)14/h3-5,11-12,17-18H,2,6H2,1H3,(H,15,16). The lowest BCUT2D eigenvalue weighted by atomic mass is 10.00. The molecule has 0 saturated carbocycles. The molecule has 0 fully saturated rings. The summed E-state index contributed by atoms with van der Waals surface area (Å²) >= 11 is 0. The number of hydrogen-bond donors (Lipinski definition) is 3. The maximum Gasteiger partial charge on any atom is 0.338 e. The number of carbonyl (C=O) groups is 2. The Hall–Kier alpha value is -1.99. The Labute approximate surface area is 114 Å². The van der Waals surface area contributed by atoms with Gasteiger partial charge in [-0.2, -0.15) is 0 Å². The third-order valence-electron chi connectivity index (χ3n) is 2.56. The zero-order valence-corrected chi connectivity index (χ0v) is 10.7. The third-order valence-corrected chi connectivity index (χ3v) is 2.56. The first-order chi connectivity index (χ1) is 9.36. The first kappa shape index (κ1) is 16.1. The van der Waals surface area contributed by atoms with E-state index in [-0.39, 0.29) is 24.2 Å². The fraction of sp³-hybridized carbons (Fsp3) is 0.385. The number of rotatable bonds is 6. The zero-order valence-electron chi connectivity index (χ0n) is 10.7. The Kier molecular flexibility index (Phi) is 5.60. The van der Waals surface area contributed by atoms with Crippen LogP contribution in [-0.2, 0) is 20.7 Å². The van der Waals surface area contributed by atoms with Crippen molar-refractivity contribution in [2.24, 2.45) is 0 Å². The summed E-state index contributed by atoms with van der Waals surface area (Å²) in [7, 11) is 0. The van der Waals surface area contributed by atoms with Gasteiger partial charge < -0.3 is 20.1 Å². The number of aliphatic hydroxyl groups excluding tert-OH is 2. The molecule has 7 heteroatoms. The quantitative estimate of drug-likeness (QED) is 0.654. The van der Waals surface area contributed by atoms with Crippen LogP contribution in [0.2, 0.25) is 0 Å². The van der Waals surface area contributed by atoms with Gasteiger partial charge in [-0.15, -0.1) is 0 Å². The second kappa shape index (κ2) is 6.97. The van der Waals surface area contributed by atoms with E-state index in [0.29, 0.717) is 0 Å². The van der Waals surface area contributed by atoms with Crippen molar-refractivity contribution in [3.05, 3.63) is 35.1 Å². The molecule has 0 amide bonds. The molecule has 1 aromatic carbocycles. The van der Waals surface area contributed by atoms with E-state index in [2.05, 4.69) is 4.74 Å². The van der Waals surface area contributed by atoms with Crippen molar-refractivity contribution >= 4 is 11.9 Å². The number of esters is 1. The van der Waals surface area contributed by atoms with E-state index in [0.717, 1.165) is 12.1 Å². The molecule has 0 aromatic heterocycles. The average Bonchev–Trinajstić information content (AvgIpc) is 2.39. The highest BCUT2D eigenvalue weighted by Gasteiger charge is 2.29. The van der Waals surface area contributed by atoms with Crippen LogP contribution < -0.4 is 0 Å². The Morgan fingerprint density at radius 1 is 1.35 bits per heavy atom. The molecule has 1 aromatic rings. The normalized spacial score (nSPS) is 13.6. The molecule has 20 heavy (non-hydrogen) atoms. The van der Waals surface area contributed by atoms with E-state index in [1.807, 2.05) is 0 Å². The Bertz CT molecular complexity index is 502. The van der Waals surface area contributed by atoms with Crippen LogP contribution in [0.4, 0.5) is 4.39 Å². The summed E-state index contributed by atoms with van der Waals surface area (Å²) in [5.74, 6) is -3.05. The summed E-state index contributed by atoms with van der Waals surface area (Å²) in [6.45, 7) is 1.52. The number of carboxylic acid groups (broad SMARTS) is 1. The second-order valence-corrected chi connectivity index (χ2v) is 4.07. The number of carbonyl (C=O) groups excluding carboxylic acids is 1. The molecule has 110 valence electrons. The zero-order chi connectivity index (χ0) is 15.3. The first-order valence-electron chi connectivity index (χ1n) is 5.89. The number of aliphatic carboxylic acids is 1. The van der Waals surface area contributed by atoms with Crippen LogP contribution in [0.1, 0.15) is 24.2 Å². The first-order valence-corrected chi connectivity index (χ1v) is 5.89. The summed E-state index contributed by atoms with van der Waals surface area (Å²) in [5, 5.41) is 28.0. The van der Waals surface area contributed by atoms with Crippen molar-refractivity contribution in [1.82, 2.24) is 0 Å². The minimum atomic E-state index is -1.94. The van der Waals surface area contributed by atoms with Crippen LogP contribution in [0, 0.1) is 5.82 Å². The van der Waals surface area contributed by atoms with Crippen molar-refractivity contribution < 1.29 is 34.0 Å². The Morgan fingerprint density at radius 3 is 2.55 bits per heavy atom. The number of aliphatic hydroxyl groups is 2. The van der Waals surface area contributed by atoms with Gasteiger partial charge in [-0.05, 0) is 24.6 Å². The lowest BCUT2D eigenvalue weighted by molar-refractivity contribution is -0.159. The third kappa shape index (κ3) is 4.01. The predicted octanol–water partition coefficient (Wildman–Crippen LogP) is 0.410. The molecule has 0 saturated heterocycles. The highest BCUT2D eigenvalue weighted by molar-refractivity contribution is 5.75. The Balaban J connectivity index is 2.98. The number of benzene rings is 1. The van der Waals surface area contributed by atoms with Crippen LogP contribution in [-0.4, -0.2) is 40.0 Å². The van der Waals surface area contributed by atoms with Crippen LogP contribution in [0.3, 0.4) is 0 Å². The molecule has 0 aliphatic rings. The number of hydrogen-bond acceptors (Lipinski definition) is 5. The topological polar surface area (TPSA) is 104 Å². The fourth-order valence-corrected chi connectivity index (χ4v) is 1.63. The predicted molar refractivity (Wildman–Crippen MR) is 65.3 cm³/mol.